The van der Waals surface area contributed by atoms with Gasteiger partial charge in [-0.05, 0) is 42.3 Å². The number of ether oxygens (including phenoxy) is 1. The first-order valence-electron chi connectivity index (χ1n) is 6.43. The van der Waals surface area contributed by atoms with Crippen molar-refractivity contribution in [2.75, 3.05) is 0 Å². The van der Waals surface area contributed by atoms with E-state index >= 15 is 0 Å². The van der Waals surface area contributed by atoms with Crippen LogP contribution in [0.2, 0.25) is 5.02 Å². The summed E-state index contributed by atoms with van der Waals surface area (Å²) in [4.78, 5) is 0. The van der Waals surface area contributed by atoms with Crippen LogP contribution in [0.25, 0.3) is 0 Å². The van der Waals surface area contributed by atoms with Gasteiger partial charge in [0.1, 0.15) is 5.82 Å². The molecule has 4 heteroatoms. The Bertz CT molecular complexity index is 574. The molecule has 0 spiro atoms. The van der Waals surface area contributed by atoms with Gasteiger partial charge in [0.15, 0.2) is 0 Å². The second-order valence-corrected chi connectivity index (χ2v) is 5.21. The van der Waals surface area contributed by atoms with E-state index in [9.17, 15) is 4.39 Å². The Morgan fingerprint density at radius 1 is 1.20 bits per heavy atom. The van der Waals surface area contributed by atoms with Gasteiger partial charge in [0.25, 0.3) is 0 Å². The maximum Gasteiger partial charge on any atom is 0.123 e. The molecule has 2 aromatic rings. The molecule has 0 saturated heterocycles. The van der Waals surface area contributed by atoms with E-state index in [0.29, 0.717) is 11.6 Å². The van der Waals surface area contributed by atoms with Crippen molar-refractivity contribution >= 4 is 11.6 Å². The molecule has 2 unspecified atom stereocenters. The van der Waals surface area contributed by atoms with Crippen molar-refractivity contribution in [3.8, 4) is 0 Å². The Morgan fingerprint density at radius 3 is 2.60 bits per heavy atom. The first kappa shape index (κ1) is 15.0. The molecule has 106 valence electrons. The van der Waals surface area contributed by atoms with E-state index in [-0.39, 0.29) is 18.0 Å². The highest BCUT2D eigenvalue weighted by Gasteiger charge is 2.17. The summed E-state index contributed by atoms with van der Waals surface area (Å²) in [7, 11) is 0. The summed E-state index contributed by atoms with van der Waals surface area (Å²) in [5.74, 6) is -0.292. The lowest BCUT2D eigenvalue weighted by atomic mass is 10.0. The molecule has 0 amide bonds. The summed E-state index contributed by atoms with van der Waals surface area (Å²) in [6.45, 7) is 2.22. The Hall–Kier alpha value is -1.42. The van der Waals surface area contributed by atoms with E-state index < -0.39 is 0 Å². The van der Waals surface area contributed by atoms with Crippen molar-refractivity contribution in [1.29, 1.82) is 0 Å². The third-order valence-corrected chi connectivity index (χ3v) is 3.21. The number of benzene rings is 2. The van der Waals surface area contributed by atoms with Crippen LogP contribution in [-0.4, -0.2) is 6.04 Å². The molecule has 2 atom stereocenters. The number of hydrogen-bond acceptors (Lipinski definition) is 2. The van der Waals surface area contributed by atoms with Crippen LogP contribution in [0, 0.1) is 5.82 Å². The van der Waals surface area contributed by atoms with E-state index in [4.69, 9.17) is 22.1 Å². The van der Waals surface area contributed by atoms with Gasteiger partial charge in [-0.2, -0.15) is 0 Å². The van der Waals surface area contributed by atoms with Gasteiger partial charge < -0.3 is 10.5 Å². The summed E-state index contributed by atoms with van der Waals surface area (Å²) in [5.41, 5.74) is 7.64. The zero-order chi connectivity index (χ0) is 14.5. The van der Waals surface area contributed by atoms with E-state index in [1.165, 1.54) is 12.1 Å². The number of nitrogens with two attached hydrogens (primary N) is 1. The van der Waals surface area contributed by atoms with E-state index in [2.05, 4.69) is 0 Å². The van der Waals surface area contributed by atoms with Crippen molar-refractivity contribution in [3.63, 3.8) is 0 Å². The first-order chi connectivity index (χ1) is 9.56. The molecule has 0 radical (unpaired) electrons. The summed E-state index contributed by atoms with van der Waals surface area (Å²) >= 11 is 5.93. The van der Waals surface area contributed by atoms with Crippen LogP contribution in [0.4, 0.5) is 4.39 Å². The van der Waals surface area contributed by atoms with Gasteiger partial charge in [0.2, 0.25) is 0 Å². The van der Waals surface area contributed by atoms with Crippen molar-refractivity contribution in [1.82, 2.24) is 0 Å². The van der Waals surface area contributed by atoms with Crippen molar-refractivity contribution in [3.05, 3.63) is 70.5 Å². The molecular weight excluding hydrogens is 277 g/mol. The van der Waals surface area contributed by atoms with Crippen LogP contribution < -0.4 is 5.73 Å². The topological polar surface area (TPSA) is 35.2 Å². The molecular formula is C16H17ClFNO. The van der Waals surface area contributed by atoms with Gasteiger partial charge in [0, 0.05) is 11.1 Å². The van der Waals surface area contributed by atoms with Crippen LogP contribution in [0.15, 0.2) is 48.5 Å². The zero-order valence-corrected chi connectivity index (χ0v) is 12.0. The molecule has 0 aliphatic carbocycles. The van der Waals surface area contributed by atoms with E-state index in [0.717, 1.165) is 11.1 Å². The van der Waals surface area contributed by atoms with Crippen molar-refractivity contribution < 1.29 is 9.13 Å². The molecule has 0 aromatic heterocycles. The van der Waals surface area contributed by atoms with Crippen molar-refractivity contribution in [2.24, 2.45) is 5.73 Å². The second-order valence-electron chi connectivity index (χ2n) is 4.78. The van der Waals surface area contributed by atoms with Gasteiger partial charge >= 0.3 is 0 Å². The van der Waals surface area contributed by atoms with Gasteiger partial charge in [-0.25, -0.2) is 4.39 Å². The molecule has 2 nitrogen and oxygen atoms in total. The third-order valence-electron chi connectivity index (χ3n) is 2.97. The normalized spacial score (nSPS) is 14.0. The second kappa shape index (κ2) is 6.84. The Labute approximate surface area is 123 Å². The highest BCUT2D eigenvalue weighted by molar-refractivity contribution is 6.30. The molecule has 2 aromatic carbocycles. The Kier molecular flexibility index (Phi) is 5.12. The SMILES string of the molecule is CC(N)C(OCc1cccc(Cl)c1)c1cccc(F)c1. The smallest absolute Gasteiger partial charge is 0.123 e. The van der Waals surface area contributed by atoms with Crippen LogP contribution in [0.5, 0.6) is 0 Å². The molecule has 0 heterocycles. The maximum atomic E-state index is 13.3. The lowest BCUT2D eigenvalue weighted by Gasteiger charge is -2.22. The minimum Gasteiger partial charge on any atom is -0.367 e. The van der Waals surface area contributed by atoms with E-state index in [1.807, 2.05) is 31.2 Å². The van der Waals surface area contributed by atoms with Crippen LogP contribution in [-0.2, 0) is 11.3 Å². The van der Waals surface area contributed by atoms with Crippen LogP contribution >= 0.6 is 11.6 Å². The minimum atomic E-state index is -0.357. The van der Waals surface area contributed by atoms with Crippen LogP contribution in [0.3, 0.4) is 0 Å². The Morgan fingerprint density at radius 2 is 1.95 bits per heavy atom. The maximum absolute atomic E-state index is 13.3. The standard InChI is InChI=1S/C16H17ClFNO/c1-11(19)16(13-5-3-7-15(18)9-13)20-10-12-4-2-6-14(17)8-12/h2-9,11,16H,10,19H2,1H3. The predicted octanol–water partition coefficient (Wildman–Crippen LogP) is 4.08. The monoisotopic (exact) mass is 293 g/mol. The fourth-order valence-electron chi connectivity index (χ4n) is 2.05. The number of hydrogen-bond donors (Lipinski definition) is 1. The summed E-state index contributed by atoms with van der Waals surface area (Å²) < 4.78 is 19.1. The highest BCUT2D eigenvalue weighted by atomic mass is 35.5. The zero-order valence-electron chi connectivity index (χ0n) is 11.2. The lowest BCUT2D eigenvalue weighted by Crippen LogP contribution is -2.27. The van der Waals surface area contributed by atoms with Gasteiger partial charge in [0.05, 0.1) is 12.7 Å². The van der Waals surface area contributed by atoms with Gasteiger partial charge in [-0.3, -0.25) is 0 Å². The van der Waals surface area contributed by atoms with Crippen molar-refractivity contribution in [2.45, 2.75) is 25.7 Å². The molecule has 0 bridgehead atoms. The molecule has 0 fully saturated rings. The molecule has 0 aliphatic rings. The van der Waals surface area contributed by atoms with Gasteiger partial charge in [-0.15, -0.1) is 0 Å². The van der Waals surface area contributed by atoms with E-state index in [1.54, 1.807) is 12.1 Å². The lowest BCUT2D eigenvalue weighted by molar-refractivity contribution is 0.0257. The average molecular weight is 294 g/mol. The highest BCUT2D eigenvalue weighted by Crippen LogP contribution is 2.23. The molecule has 20 heavy (non-hydrogen) atoms. The first-order valence-corrected chi connectivity index (χ1v) is 6.81. The Balaban J connectivity index is 2.10. The average Bonchev–Trinajstić information content (AvgIpc) is 2.38. The fourth-order valence-corrected chi connectivity index (χ4v) is 2.26. The number of halogens is 2. The molecule has 0 saturated carbocycles. The summed E-state index contributed by atoms with van der Waals surface area (Å²) in [5, 5.41) is 0.661. The molecule has 2 N–H and O–H groups in total. The molecule has 2 rings (SSSR count). The predicted molar refractivity (Wildman–Crippen MR) is 79.0 cm³/mol. The summed E-state index contributed by atoms with van der Waals surface area (Å²) in [6, 6.07) is 13.5. The molecule has 0 aliphatic heterocycles. The third kappa shape index (κ3) is 4.04. The number of rotatable bonds is 5. The summed E-state index contributed by atoms with van der Waals surface area (Å²) in [6.07, 6.45) is -0.357. The van der Waals surface area contributed by atoms with Crippen LogP contribution in [0.1, 0.15) is 24.2 Å². The van der Waals surface area contributed by atoms with Gasteiger partial charge in [-0.1, -0.05) is 35.9 Å². The minimum absolute atomic E-state index is 0.240. The largest absolute Gasteiger partial charge is 0.367 e. The quantitative estimate of drug-likeness (QED) is 0.901. The fraction of sp³-hybridized carbons (Fsp3) is 0.250.